The van der Waals surface area contributed by atoms with Crippen molar-refractivity contribution >= 4 is 10.2 Å². The van der Waals surface area contributed by atoms with Crippen LogP contribution in [0.15, 0.2) is 0 Å². The molecule has 1 saturated heterocycles. The minimum Gasteiger partial charge on any atom is -0.327 e. The van der Waals surface area contributed by atoms with E-state index in [1.165, 1.54) is 0 Å². The minimum atomic E-state index is -3.31. The van der Waals surface area contributed by atoms with Crippen molar-refractivity contribution in [2.75, 3.05) is 13.1 Å². The predicted octanol–water partition coefficient (Wildman–Crippen LogP) is 0.288. The Morgan fingerprint density at radius 3 is 2.59 bits per heavy atom. The highest BCUT2D eigenvalue weighted by Gasteiger charge is 2.42. The first-order chi connectivity index (χ1) is 7.90. The van der Waals surface area contributed by atoms with Crippen LogP contribution in [-0.4, -0.2) is 37.9 Å². The smallest absolute Gasteiger partial charge is 0.279 e. The van der Waals surface area contributed by atoms with Gasteiger partial charge in [-0.2, -0.15) is 17.4 Å². The van der Waals surface area contributed by atoms with Gasteiger partial charge in [0.1, 0.15) is 0 Å². The molecule has 3 atom stereocenters. The molecule has 1 aliphatic heterocycles. The van der Waals surface area contributed by atoms with E-state index in [0.717, 1.165) is 19.3 Å². The molecule has 3 unspecified atom stereocenters. The van der Waals surface area contributed by atoms with Crippen LogP contribution in [0.1, 0.15) is 33.1 Å². The number of hydrogen-bond donors (Lipinski definition) is 2. The fourth-order valence-corrected chi connectivity index (χ4v) is 4.55. The van der Waals surface area contributed by atoms with Crippen LogP contribution in [0.5, 0.6) is 0 Å². The van der Waals surface area contributed by atoms with Crippen molar-refractivity contribution < 1.29 is 8.42 Å². The van der Waals surface area contributed by atoms with E-state index in [2.05, 4.69) is 4.72 Å². The van der Waals surface area contributed by atoms with Gasteiger partial charge in [0, 0.05) is 25.2 Å². The number of rotatable bonds is 3. The first-order valence-electron chi connectivity index (χ1n) is 6.43. The summed E-state index contributed by atoms with van der Waals surface area (Å²) in [6.45, 7) is 4.91. The summed E-state index contributed by atoms with van der Waals surface area (Å²) in [6.07, 6.45) is 3.28. The summed E-state index contributed by atoms with van der Waals surface area (Å²) in [7, 11) is -3.31. The number of hydrogen-bond acceptors (Lipinski definition) is 3. The van der Waals surface area contributed by atoms with Crippen LogP contribution in [-0.2, 0) is 10.2 Å². The highest BCUT2D eigenvalue weighted by atomic mass is 32.2. The lowest BCUT2D eigenvalue weighted by atomic mass is 9.78. The van der Waals surface area contributed by atoms with Gasteiger partial charge in [0.05, 0.1) is 0 Å². The number of nitrogens with two attached hydrogens (primary N) is 1. The Morgan fingerprint density at radius 2 is 2.00 bits per heavy atom. The second-order valence-corrected chi connectivity index (χ2v) is 7.32. The molecule has 2 aliphatic rings. The second kappa shape index (κ2) is 4.84. The predicted molar refractivity (Wildman–Crippen MR) is 67.6 cm³/mol. The molecule has 0 bridgehead atoms. The molecule has 17 heavy (non-hydrogen) atoms. The lowest BCUT2D eigenvalue weighted by Crippen LogP contribution is -2.43. The fourth-order valence-electron chi connectivity index (χ4n) is 3.04. The van der Waals surface area contributed by atoms with Crippen molar-refractivity contribution in [1.82, 2.24) is 9.03 Å². The molecule has 1 saturated carbocycles. The molecule has 3 N–H and O–H groups in total. The van der Waals surface area contributed by atoms with E-state index in [-0.39, 0.29) is 12.1 Å². The van der Waals surface area contributed by atoms with Gasteiger partial charge in [-0.1, -0.05) is 6.42 Å². The zero-order valence-corrected chi connectivity index (χ0v) is 11.4. The summed E-state index contributed by atoms with van der Waals surface area (Å²) in [5, 5.41) is 0. The summed E-state index contributed by atoms with van der Waals surface area (Å²) in [4.78, 5) is 0. The van der Waals surface area contributed by atoms with Crippen LogP contribution in [0, 0.1) is 11.8 Å². The molecule has 0 spiro atoms. The Morgan fingerprint density at radius 1 is 1.29 bits per heavy atom. The average Bonchev–Trinajstić information content (AvgIpc) is 2.61. The summed E-state index contributed by atoms with van der Waals surface area (Å²) in [6, 6.07) is 0.115. The lowest BCUT2D eigenvalue weighted by Gasteiger charge is -2.29. The van der Waals surface area contributed by atoms with Crippen molar-refractivity contribution in [2.45, 2.75) is 45.2 Å². The number of nitrogens with one attached hydrogen (secondary N) is 1. The molecule has 0 amide bonds. The normalized spacial score (nSPS) is 35.2. The molecule has 0 aromatic heterocycles. The van der Waals surface area contributed by atoms with Crippen molar-refractivity contribution in [3.05, 3.63) is 0 Å². The van der Waals surface area contributed by atoms with Crippen molar-refractivity contribution in [1.29, 1.82) is 0 Å². The third-order valence-corrected chi connectivity index (χ3v) is 5.59. The Kier molecular flexibility index (Phi) is 3.77. The van der Waals surface area contributed by atoms with Crippen LogP contribution >= 0.6 is 0 Å². The topological polar surface area (TPSA) is 75.4 Å². The molecule has 0 aromatic carbocycles. The van der Waals surface area contributed by atoms with Gasteiger partial charge in [-0.3, -0.25) is 0 Å². The van der Waals surface area contributed by atoms with E-state index >= 15 is 0 Å². The zero-order valence-electron chi connectivity index (χ0n) is 10.6. The quantitative estimate of drug-likeness (QED) is 0.766. The van der Waals surface area contributed by atoms with Crippen LogP contribution in [0.2, 0.25) is 0 Å². The fraction of sp³-hybridized carbons (Fsp3) is 1.00. The SMILES string of the molecule is CC(C)NS(=O)(=O)N1CC2CCCC(N)C2C1. The van der Waals surface area contributed by atoms with Gasteiger partial charge in [0.25, 0.3) is 10.2 Å². The number of nitrogens with zero attached hydrogens (tertiary/aromatic N) is 1. The first-order valence-corrected chi connectivity index (χ1v) is 7.87. The second-order valence-electron chi connectivity index (χ2n) is 5.61. The Labute approximate surface area is 104 Å². The third kappa shape index (κ3) is 2.81. The minimum absolute atomic E-state index is 0.0590. The van der Waals surface area contributed by atoms with E-state index in [0.29, 0.717) is 24.9 Å². The van der Waals surface area contributed by atoms with Gasteiger partial charge < -0.3 is 5.73 Å². The van der Waals surface area contributed by atoms with Gasteiger partial charge in [0.15, 0.2) is 0 Å². The van der Waals surface area contributed by atoms with Crippen molar-refractivity contribution in [3.63, 3.8) is 0 Å². The molecule has 100 valence electrons. The molecule has 0 radical (unpaired) electrons. The zero-order chi connectivity index (χ0) is 12.6. The molecule has 1 heterocycles. The van der Waals surface area contributed by atoms with Crippen LogP contribution < -0.4 is 10.5 Å². The highest BCUT2D eigenvalue weighted by molar-refractivity contribution is 7.87. The molecule has 2 fully saturated rings. The Balaban J connectivity index is 2.06. The van der Waals surface area contributed by atoms with Crippen molar-refractivity contribution in [3.8, 4) is 0 Å². The molecular weight excluding hydrogens is 238 g/mol. The van der Waals surface area contributed by atoms with Crippen LogP contribution in [0.3, 0.4) is 0 Å². The summed E-state index contributed by atoms with van der Waals surface area (Å²) >= 11 is 0. The maximum atomic E-state index is 12.1. The summed E-state index contributed by atoms with van der Waals surface area (Å²) in [5.74, 6) is 0.815. The standard InChI is InChI=1S/C11H23N3O2S/c1-8(2)13-17(15,16)14-6-9-4-3-5-11(12)10(9)7-14/h8-11,13H,3-7,12H2,1-2H3. The Bertz CT molecular complexity index is 369. The average molecular weight is 261 g/mol. The first kappa shape index (κ1) is 13.3. The summed E-state index contributed by atoms with van der Waals surface area (Å²) in [5.41, 5.74) is 6.08. The molecule has 2 rings (SSSR count). The van der Waals surface area contributed by atoms with Crippen LogP contribution in [0.4, 0.5) is 0 Å². The van der Waals surface area contributed by atoms with Gasteiger partial charge in [-0.25, -0.2) is 0 Å². The molecule has 1 aliphatic carbocycles. The highest BCUT2D eigenvalue weighted by Crippen LogP contribution is 2.36. The van der Waals surface area contributed by atoms with Crippen LogP contribution in [0.25, 0.3) is 0 Å². The molecule has 5 nitrogen and oxygen atoms in total. The van der Waals surface area contributed by atoms with E-state index in [4.69, 9.17) is 5.73 Å². The molecule has 6 heteroatoms. The van der Waals surface area contributed by atoms with Gasteiger partial charge in [-0.15, -0.1) is 0 Å². The van der Waals surface area contributed by atoms with Gasteiger partial charge in [-0.05, 0) is 38.5 Å². The van der Waals surface area contributed by atoms with Gasteiger partial charge >= 0.3 is 0 Å². The van der Waals surface area contributed by atoms with Crippen molar-refractivity contribution in [2.24, 2.45) is 17.6 Å². The van der Waals surface area contributed by atoms with Gasteiger partial charge in [0.2, 0.25) is 0 Å². The summed E-state index contributed by atoms with van der Waals surface area (Å²) < 4.78 is 28.4. The molecule has 0 aromatic rings. The lowest BCUT2D eigenvalue weighted by molar-refractivity contribution is 0.260. The third-order valence-electron chi connectivity index (χ3n) is 3.84. The maximum Gasteiger partial charge on any atom is 0.279 e. The number of fused-ring (bicyclic) bond motifs is 1. The van der Waals surface area contributed by atoms with E-state index < -0.39 is 10.2 Å². The van der Waals surface area contributed by atoms with E-state index in [1.54, 1.807) is 4.31 Å². The van der Waals surface area contributed by atoms with E-state index in [1.807, 2.05) is 13.8 Å². The van der Waals surface area contributed by atoms with E-state index in [9.17, 15) is 8.42 Å². The largest absolute Gasteiger partial charge is 0.327 e. The molecular formula is C11H23N3O2S. The Hall–Kier alpha value is -0.170. The monoisotopic (exact) mass is 261 g/mol. The maximum absolute atomic E-state index is 12.1.